The van der Waals surface area contributed by atoms with E-state index >= 15 is 0 Å². The monoisotopic (exact) mass is 391 g/mol. The van der Waals surface area contributed by atoms with Crippen molar-refractivity contribution in [1.29, 1.82) is 0 Å². The Morgan fingerprint density at radius 1 is 1.27 bits per heavy atom. The number of halogens is 1. The quantitative estimate of drug-likeness (QED) is 0.736. The number of nitrogens with zero attached hydrogens (tertiary/aromatic N) is 4. The lowest BCUT2D eigenvalue weighted by Crippen LogP contribution is -2.59. The van der Waals surface area contributed by atoms with Crippen LogP contribution in [0.5, 0.6) is 0 Å². The maximum absolute atomic E-state index is 11.3. The first kappa shape index (κ1) is 17.3. The van der Waals surface area contributed by atoms with Crippen molar-refractivity contribution in [2.45, 2.75) is 6.04 Å². The highest BCUT2D eigenvalue weighted by atomic mass is 35.5. The van der Waals surface area contributed by atoms with Crippen LogP contribution in [0.3, 0.4) is 0 Å². The topological polar surface area (TPSA) is 80.1 Å². The predicted molar refractivity (Wildman–Crippen MR) is 103 cm³/mol. The number of hydrogen-bond donors (Lipinski definition) is 1. The molecule has 0 unspecified atom stereocenters. The van der Waals surface area contributed by atoms with Gasteiger partial charge in [-0.1, -0.05) is 23.7 Å². The number of aryl methyl sites for hydroxylation is 1. The first-order chi connectivity index (χ1) is 12.3. The van der Waals surface area contributed by atoms with E-state index in [2.05, 4.69) is 9.71 Å². The Labute approximate surface area is 156 Å². The molecule has 1 aliphatic heterocycles. The second kappa shape index (κ2) is 6.22. The summed E-state index contributed by atoms with van der Waals surface area (Å²) in [5, 5.41) is 0.526. The van der Waals surface area contributed by atoms with E-state index in [0.717, 1.165) is 28.2 Å². The van der Waals surface area contributed by atoms with Gasteiger partial charge in [0, 0.05) is 31.9 Å². The summed E-state index contributed by atoms with van der Waals surface area (Å²) in [7, 11) is -1.24. The Kier molecular flexibility index (Phi) is 4.13. The van der Waals surface area contributed by atoms with Crippen LogP contribution in [0.4, 0.5) is 5.82 Å². The van der Waals surface area contributed by atoms with Gasteiger partial charge >= 0.3 is 0 Å². The van der Waals surface area contributed by atoms with Gasteiger partial charge in [-0.05, 0) is 18.2 Å². The second-order valence-electron chi connectivity index (χ2n) is 6.50. The van der Waals surface area contributed by atoms with E-state index in [9.17, 15) is 8.42 Å². The van der Waals surface area contributed by atoms with E-state index in [4.69, 9.17) is 16.6 Å². The van der Waals surface area contributed by atoms with Gasteiger partial charge in [0.2, 0.25) is 10.0 Å². The summed E-state index contributed by atoms with van der Waals surface area (Å²) in [6, 6.07) is 9.71. The van der Waals surface area contributed by atoms with Gasteiger partial charge < -0.3 is 9.47 Å². The molecule has 3 aromatic rings. The molecule has 0 amide bonds. The molecule has 2 aromatic heterocycles. The molecule has 0 radical (unpaired) electrons. The zero-order chi connectivity index (χ0) is 18.5. The van der Waals surface area contributed by atoms with Crippen molar-refractivity contribution in [3.05, 3.63) is 41.6 Å². The van der Waals surface area contributed by atoms with Crippen molar-refractivity contribution in [3.8, 4) is 11.4 Å². The van der Waals surface area contributed by atoms with Crippen molar-refractivity contribution in [2.24, 2.45) is 7.05 Å². The van der Waals surface area contributed by atoms with E-state index in [1.54, 1.807) is 6.20 Å². The lowest BCUT2D eigenvalue weighted by molar-refractivity contribution is 0.468. The van der Waals surface area contributed by atoms with Gasteiger partial charge in [-0.3, -0.25) is 0 Å². The van der Waals surface area contributed by atoms with E-state index in [0.29, 0.717) is 18.1 Å². The maximum atomic E-state index is 11.3. The molecule has 1 aliphatic rings. The van der Waals surface area contributed by atoms with Crippen LogP contribution in [-0.4, -0.2) is 48.3 Å². The summed E-state index contributed by atoms with van der Waals surface area (Å²) in [5.74, 6) is 1.52. The van der Waals surface area contributed by atoms with Crippen molar-refractivity contribution in [1.82, 2.24) is 19.3 Å². The second-order valence-corrected chi connectivity index (χ2v) is 8.68. The SMILES string of the molecule is Cn1c(-c2cc(N3CC(NS(C)(=O)=O)C3)ncc2Cl)nc2ccccc21. The van der Waals surface area contributed by atoms with Gasteiger partial charge in [-0.25, -0.2) is 23.1 Å². The highest BCUT2D eigenvalue weighted by Crippen LogP contribution is 2.32. The zero-order valence-electron chi connectivity index (χ0n) is 14.3. The molecular formula is C17H18ClN5O2S. The summed E-state index contributed by atoms with van der Waals surface area (Å²) in [4.78, 5) is 11.1. The Balaban J connectivity index is 1.64. The fourth-order valence-corrected chi connectivity index (χ4v) is 4.14. The standard InChI is InChI=1S/C17H18ClN5O2S/c1-22-15-6-4-3-5-14(15)20-17(22)12-7-16(19-8-13(12)18)23-9-11(10-23)21-26(2,24)25/h3-8,11,21H,9-10H2,1-2H3. The first-order valence-corrected chi connectivity index (χ1v) is 10.4. The highest BCUT2D eigenvalue weighted by molar-refractivity contribution is 7.88. The molecule has 0 atom stereocenters. The normalized spacial score (nSPS) is 15.4. The number of fused-ring (bicyclic) bond motifs is 1. The van der Waals surface area contributed by atoms with Crippen LogP contribution >= 0.6 is 11.6 Å². The van der Waals surface area contributed by atoms with Crippen LogP contribution in [-0.2, 0) is 17.1 Å². The minimum Gasteiger partial charge on any atom is -0.353 e. The Morgan fingerprint density at radius 3 is 2.69 bits per heavy atom. The molecule has 1 saturated heterocycles. The van der Waals surface area contributed by atoms with Crippen molar-refractivity contribution in [3.63, 3.8) is 0 Å². The molecule has 3 heterocycles. The summed E-state index contributed by atoms with van der Waals surface area (Å²) in [5.41, 5.74) is 2.73. The number of sulfonamides is 1. The average Bonchev–Trinajstić information content (AvgIpc) is 2.88. The minimum atomic E-state index is -3.20. The van der Waals surface area contributed by atoms with Crippen LogP contribution in [0, 0.1) is 0 Å². The van der Waals surface area contributed by atoms with Crippen LogP contribution < -0.4 is 9.62 Å². The Bertz CT molecular complexity index is 1090. The molecule has 9 heteroatoms. The third-order valence-corrected chi connectivity index (χ3v) is 5.52. The number of anilines is 1. The molecule has 0 aliphatic carbocycles. The fourth-order valence-electron chi connectivity index (χ4n) is 3.20. The third-order valence-electron chi connectivity index (χ3n) is 4.46. The van der Waals surface area contributed by atoms with E-state index in [1.165, 1.54) is 6.26 Å². The van der Waals surface area contributed by atoms with E-state index in [-0.39, 0.29) is 6.04 Å². The van der Waals surface area contributed by atoms with Crippen LogP contribution in [0.1, 0.15) is 0 Å². The largest absolute Gasteiger partial charge is 0.353 e. The van der Waals surface area contributed by atoms with E-state index < -0.39 is 10.0 Å². The molecule has 1 N–H and O–H groups in total. The van der Waals surface area contributed by atoms with Gasteiger partial charge in [-0.15, -0.1) is 0 Å². The average molecular weight is 392 g/mol. The number of para-hydroxylation sites is 2. The molecule has 4 rings (SSSR count). The summed E-state index contributed by atoms with van der Waals surface area (Å²) in [6.45, 7) is 1.15. The summed E-state index contributed by atoms with van der Waals surface area (Å²) < 4.78 is 27.2. The number of benzene rings is 1. The van der Waals surface area contributed by atoms with Gasteiger partial charge in [-0.2, -0.15) is 0 Å². The first-order valence-electron chi connectivity index (χ1n) is 8.11. The summed E-state index contributed by atoms with van der Waals surface area (Å²) >= 11 is 6.39. The smallest absolute Gasteiger partial charge is 0.209 e. The Hall–Kier alpha value is -2.16. The zero-order valence-corrected chi connectivity index (χ0v) is 15.9. The van der Waals surface area contributed by atoms with Crippen molar-refractivity contribution in [2.75, 3.05) is 24.2 Å². The molecule has 136 valence electrons. The Morgan fingerprint density at radius 2 is 2.00 bits per heavy atom. The van der Waals surface area contributed by atoms with Gasteiger partial charge in [0.25, 0.3) is 0 Å². The molecule has 26 heavy (non-hydrogen) atoms. The lowest BCUT2D eigenvalue weighted by atomic mass is 10.1. The molecule has 0 spiro atoms. The van der Waals surface area contributed by atoms with Crippen molar-refractivity contribution < 1.29 is 8.42 Å². The summed E-state index contributed by atoms with van der Waals surface area (Å²) in [6.07, 6.45) is 2.78. The predicted octanol–water partition coefficient (Wildman–Crippen LogP) is 2.03. The molecule has 0 bridgehead atoms. The number of pyridine rings is 1. The molecule has 1 fully saturated rings. The fraction of sp³-hybridized carbons (Fsp3) is 0.294. The van der Waals surface area contributed by atoms with Crippen LogP contribution in [0.2, 0.25) is 5.02 Å². The number of nitrogens with one attached hydrogen (secondary N) is 1. The van der Waals surface area contributed by atoms with Gasteiger partial charge in [0.1, 0.15) is 11.6 Å². The number of rotatable bonds is 4. The van der Waals surface area contributed by atoms with Gasteiger partial charge in [0.05, 0.1) is 28.4 Å². The molecule has 1 aromatic carbocycles. The maximum Gasteiger partial charge on any atom is 0.209 e. The molecule has 0 saturated carbocycles. The van der Waals surface area contributed by atoms with Crippen LogP contribution in [0.15, 0.2) is 36.5 Å². The van der Waals surface area contributed by atoms with Crippen molar-refractivity contribution >= 4 is 38.5 Å². The molecule has 7 nitrogen and oxygen atoms in total. The van der Waals surface area contributed by atoms with Gasteiger partial charge in [0.15, 0.2) is 0 Å². The van der Waals surface area contributed by atoms with Crippen LogP contribution in [0.25, 0.3) is 22.4 Å². The number of aromatic nitrogens is 3. The number of hydrogen-bond acceptors (Lipinski definition) is 5. The lowest BCUT2D eigenvalue weighted by Gasteiger charge is -2.40. The minimum absolute atomic E-state index is 0.0957. The van der Waals surface area contributed by atoms with E-state index in [1.807, 2.05) is 46.8 Å². The highest BCUT2D eigenvalue weighted by Gasteiger charge is 2.30. The number of imidazole rings is 1. The third kappa shape index (κ3) is 3.15. The molecular weight excluding hydrogens is 374 g/mol.